The minimum absolute atomic E-state index is 0.330. The smallest absolute Gasteiger partial charge is 0.233 e. The highest BCUT2D eigenvalue weighted by molar-refractivity contribution is 9.10. The van der Waals surface area contributed by atoms with Crippen LogP contribution >= 0.6 is 15.9 Å². The molecule has 0 unspecified atom stereocenters. The van der Waals surface area contributed by atoms with Gasteiger partial charge in [-0.15, -0.1) is 0 Å². The molecule has 0 atom stereocenters. The summed E-state index contributed by atoms with van der Waals surface area (Å²) in [6, 6.07) is 5.90. The van der Waals surface area contributed by atoms with Crippen molar-refractivity contribution in [2.75, 3.05) is 5.73 Å². The van der Waals surface area contributed by atoms with E-state index in [1.165, 1.54) is 0 Å². The fourth-order valence-corrected chi connectivity index (χ4v) is 2.26. The van der Waals surface area contributed by atoms with Gasteiger partial charge in [0.05, 0.1) is 4.47 Å². The molecule has 1 aromatic carbocycles. The number of aromatic nitrogens is 1. The highest BCUT2D eigenvalue weighted by atomic mass is 79.9. The van der Waals surface area contributed by atoms with Gasteiger partial charge >= 0.3 is 0 Å². The summed E-state index contributed by atoms with van der Waals surface area (Å²) in [6.07, 6.45) is 1.74. The van der Waals surface area contributed by atoms with Crippen molar-refractivity contribution >= 4 is 21.6 Å². The molecule has 1 aromatic heterocycles. The summed E-state index contributed by atoms with van der Waals surface area (Å²) in [6.45, 7) is 8.23. The van der Waals surface area contributed by atoms with Crippen LogP contribution in [0.3, 0.4) is 0 Å². The number of ether oxygens (including phenoxy) is 1. The zero-order chi connectivity index (χ0) is 14.9. The van der Waals surface area contributed by atoms with Gasteiger partial charge in [0.25, 0.3) is 0 Å². The van der Waals surface area contributed by atoms with Crippen LogP contribution in [0.4, 0.5) is 5.69 Å². The maximum absolute atomic E-state index is 6.00. The summed E-state index contributed by atoms with van der Waals surface area (Å²) >= 11 is 3.52. The van der Waals surface area contributed by atoms with Gasteiger partial charge in [-0.05, 0) is 70.6 Å². The fourth-order valence-electron chi connectivity index (χ4n) is 1.95. The van der Waals surface area contributed by atoms with Crippen LogP contribution in [0.1, 0.15) is 36.5 Å². The molecule has 2 rings (SSSR count). The van der Waals surface area contributed by atoms with Crippen LogP contribution in [0.5, 0.6) is 11.6 Å². The zero-order valence-electron chi connectivity index (χ0n) is 12.2. The Kier molecular flexibility index (Phi) is 4.33. The van der Waals surface area contributed by atoms with Gasteiger partial charge in [-0.2, -0.15) is 0 Å². The quantitative estimate of drug-likeness (QED) is 0.807. The highest BCUT2D eigenvalue weighted by Crippen LogP contribution is 2.36. The number of halogens is 1. The largest absolute Gasteiger partial charge is 0.438 e. The number of nitrogen functional groups attached to an aromatic ring is 1. The number of hydrogen-bond donors (Lipinski definition) is 1. The Morgan fingerprint density at radius 1 is 1.20 bits per heavy atom. The molecule has 0 aliphatic carbocycles. The van der Waals surface area contributed by atoms with Crippen molar-refractivity contribution < 1.29 is 4.74 Å². The van der Waals surface area contributed by atoms with E-state index < -0.39 is 0 Å². The minimum atomic E-state index is 0.330. The van der Waals surface area contributed by atoms with Crippen molar-refractivity contribution in [3.63, 3.8) is 0 Å². The van der Waals surface area contributed by atoms with Gasteiger partial charge in [-0.1, -0.05) is 13.8 Å². The lowest BCUT2D eigenvalue weighted by Crippen LogP contribution is -2.00. The van der Waals surface area contributed by atoms with E-state index in [0.717, 1.165) is 32.6 Å². The molecule has 2 aromatic rings. The molecule has 0 radical (unpaired) electrons. The second-order valence-electron chi connectivity index (χ2n) is 5.25. The summed E-state index contributed by atoms with van der Waals surface area (Å²) in [4.78, 5) is 4.29. The third-order valence-electron chi connectivity index (χ3n) is 3.28. The lowest BCUT2D eigenvalue weighted by atomic mass is 9.99. The normalized spacial score (nSPS) is 10.9. The number of nitrogens with two attached hydrogens (primary N) is 1. The van der Waals surface area contributed by atoms with E-state index in [0.29, 0.717) is 11.8 Å². The number of benzene rings is 1. The lowest BCUT2D eigenvalue weighted by molar-refractivity contribution is 0.450. The molecule has 20 heavy (non-hydrogen) atoms. The maximum Gasteiger partial charge on any atom is 0.233 e. The van der Waals surface area contributed by atoms with Gasteiger partial charge in [0.1, 0.15) is 5.75 Å². The van der Waals surface area contributed by atoms with Gasteiger partial charge in [0.15, 0.2) is 0 Å². The predicted octanol–water partition coefficient (Wildman–Crippen LogP) is 4.96. The van der Waals surface area contributed by atoms with E-state index in [2.05, 4.69) is 34.8 Å². The second kappa shape index (κ2) is 5.83. The third kappa shape index (κ3) is 2.96. The van der Waals surface area contributed by atoms with Gasteiger partial charge in [-0.3, -0.25) is 0 Å². The third-order valence-corrected chi connectivity index (χ3v) is 4.24. The predicted molar refractivity (Wildman–Crippen MR) is 86.4 cm³/mol. The first-order valence-corrected chi connectivity index (χ1v) is 7.38. The summed E-state index contributed by atoms with van der Waals surface area (Å²) in [5, 5.41) is 0. The van der Waals surface area contributed by atoms with Crippen LogP contribution in [0, 0.1) is 13.8 Å². The molecule has 0 amide bonds. The molecule has 106 valence electrons. The number of anilines is 1. The number of rotatable bonds is 3. The second-order valence-corrected chi connectivity index (χ2v) is 6.04. The maximum atomic E-state index is 6.00. The molecule has 3 nitrogen and oxygen atoms in total. The monoisotopic (exact) mass is 334 g/mol. The standard InChI is InChI=1S/C16H19BrN2O/c1-9(2)12-8-13(18)11(4)7-14(12)20-16-15(17)10(3)5-6-19-16/h5-9H,18H2,1-4H3. The van der Waals surface area contributed by atoms with Crippen molar-refractivity contribution in [1.29, 1.82) is 0 Å². The SMILES string of the molecule is Cc1cc(Oc2nccc(C)c2Br)c(C(C)C)cc1N. The van der Waals surface area contributed by atoms with E-state index >= 15 is 0 Å². The van der Waals surface area contributed by atoms with Crippen LogP contribution in [-0.4, -0.2) is 4.98 Å². The Hall–Kier alpha value is -1.55. The first-order chi connectivity index (χ1) is 9.40. The van der Waals surface area contributed by atoms with E-state index in [1.807, 2.05) is 32.0 Å². The molecule has 0 bridgehead atoms. The zero-order valence-corrected chi connectivity index (χ0v) is 13.8. The van der Waals surface area contributed by atoms with E-state index in [4.69, 9.17) is 10.5 Å². The molecular weight excluding hydrogens is 316 g/mol. The molecule has 4 heteroatoms. The Bertz CT molecular complexity index is 639. The molecule has 0 saturated heterocycles. The Morgan fingerprint density at radius 2 is 1.90 bits per heavy atom. The van der Waals surface area contributed by atoms with Crippen LogP contribution in [0.2, 0.25) is 0 Å². The van der Waals surface area contributed by atoms with Crippen LogP contribution in [0.15, 0.2) is 28.9 Å². The van der Waals surface area contributed by atoms with E-state index in [1.54, 1.807) is 6.20 Å². The van der Waals surface area contributed by atoms with Crippen molar-refractivity contribution in [1.82, 2.24) is 4.98 Å². The van der Waals surface area contributed by atoms with Crippen molar-refractivity contribution in [3.8, 4) is 11.6 Å². The van der Waals surface area contributed by atoms with E-state index in [9.17, 15) is 0 Å². The van der Waals surface area contributed by atoms with Crippen molar-refractivity contribution in [2.45, 2.75) is 33.6 Å². The van der Waals surface area contributed by atoms with Crippen LogP contribution < -0.4 is 10.5 Å². The molecule has 0 fully saturated rings. The average Bonchev–Trinajstić information content (AvgIpc) is 2.38. The molecule has 1 heterocycles. The number of pyridine rings is 1. The first kappa shape index (κ1) is 14.9. The number of aryl methyl sites for hydroxylation is 2. The van der Waals surface area contributed by atoms with Crippen molar-refractivity contribution in [3.05, 3.63) is 45.6 Å². The molecule has 0 aliphatic rings. The van der Waals surface area contributed by atoms with Gasteiger partial charge < -0.3 is 10.5 Å². The van der Waals surface area contributed by atoms with Gasteiger partial charge in [-0.25, -0.2) is 4.98 Å². The average molecular weight is 335 g/mol. The topological polar surface area (TPSA) is 48.1 Å². The first-order valence-electron chi connectivity index (χ1n) is 6.59. The number of hydrogen-bond acceptors (Lipinski definition) is 3. The fraction of sp³-hybridized carbons (Fsp3) is 0.312. The Labute approximate surface area is 128 Å². The number of nitrogens with zero attached hydrogens (tertiary/aromatic N) is 1. The van der Waals surface area contributed by atoms with E-state index in [-0.39, 0.29) is 0 Å². The molecule has 2 N–H and O–H groups in total. The van der Waals surface area contributed by atoms with Gasteiger partial charge in [0.2, 0.25) is 5.88 Å². The lowest BCUT2D eigenvalue weighted by Gasteiger charge is -2.16. The minimum Gasteiger partial charge on any atom is -0.438 e. The Morgan fingerprint density at radius 3 is 2.55 bits per heavy atom. The summed E-state index contributed by atoms with van der Waals surface area (Å²) in [7, 11) is 0. The molecular formula is C16H19BrN2O. The Balaban J connectivity index is 2.47. The van der Waals surface area contributed by atoms with Gasteiger partial charge in [0, 0.05) is 11.9 Å². The molecule has 0 saturated carbocycles. The van der Waals surface area contributed by atoms with Crippen LogP contribution in [-0.2, 0) is 0 Å². The summed E-state index contributed by atoms with van der Waals surface area (Å²) in [5.74, 6) is 1.72. The highest BCUT2D eigenvalue weighted by Gasteiger charge is 2.14. The molecule has 0 aliphatic heterocycles. The summed E-state index contributed by atoms with van der Waals surface area (Å²) in [5.41, 5.74) is 9.97. The van der Waals surface area contributed by atoms with Crippen molar-refractivity contribution in [2.24, 2.45) is 0 Å². The van der Waals surface area contributed by atoms with Crippen LogP contribution in [0.25, 0.3) is 0 Å². The molecule has 0 spiro atoms. The summed E-state index contributed by atoms with van der Waals surface area (Å²) < 4.78 is 6.88.